The molecule has 0 saturated heterocycles. The van der Waals surface area contributed by atoms with Gasteiger partial charge in [-0.25, -0.2) is 12.8 Å². The third-order valence-electron chi connectivity index (χ3n) is 6.63. The van der Waals surface area contributed by atoms with Crippen LogP contribution in [0.3, 0.4) is 0 Å². The van der Waals surface area contributed by atoms with Crippen LogP contribution in [0.15, 0.2) is 78.9 Å². The highest BCUT2D eigenvalue weighted by Crippen LogP contribution is 2.24. The lowest BCUT2D eigenvalue weighted by Crippen LogP contribution is -2.54. The molecule has 1 N–H and O–H groups in total. The zero-order valence-electron chi connectivity index (χ0n) is 22.8. The first-order chi connectivity index (χ1) is 18.5. The van der Waals surface area contributed by atoms with E-state index in [2.05, 4.69) is 5.32 Å². The topological polar surface area (TPSA) is 86.8 Å². The highest BCUT2D eigenvalue weighted by atomic mass is 32.2. The molecule has 0 aliphatic heterocycles. The second-order valence-electron chi connectivity index (χ2n) is 9.69. The van der Waals surface area contributed by atoms with Crippen LogP contribution in [-0.2, 0) is 32.6 Å². The largest absolute Gasteiger partial charge is 0.352 e. The van der Waals surface area contributed by atoms with Crippen molar-refractivity contribution in [1.29, 1.82) is 0 Å². The summed E-state index contributed by atoms with van der Waals surface area (Å²) >= 11 is 0. The molecule has 39 heavy (non-hydrogen) atoms. The molecule has 3 aromatic carbocycles. The summed E-state index contributed by atoms with van der Waals surface area (Å²) in [5.74, 6) is -1.53. The van der Waals surface area contributed by atoms with Gasteiger partial charge in [0.1, 0.15) is 18.4 Å². The fraction of sp³-hybridized carbons (Fsp3) is 0.333. The second-order valence-corrected chi connectivity index (χ2v) is 11.6. The summed E-state index contributed by atoms with van der Waals surface area (Å²) in [5, 5.41) is 2.95. The summed E-state index contributed by atoms with van der Waals surface area (Å²) in [7, 11) is -3.87. The first kappa shape index (κ1) is 29.8. The van der Waals surface area contributed by atoms with E-state index < -0.39 is 34.3 Å². The van der Waals surface area contributed by atoms with Crippen molar-refractivity contribution in [3.05, 3.63) is 101 Å². The van der Waals surface area contributed by atoms with Crippen LogP contribution in [0.5, 0.6) is 0 Å². The molecule has 3 rings (SSSR count). The summed E-state index contributed by atoms with van der Waals surface area (Å²) in [4.78, 5) is 28.9. The van der Waals surface area contributed by atoms with Crippen LogP contribution in [0.2, 0.25) is 0 Å². The van der Waals surface area contributed by atoms with Gasteiger partial charge in [0.15, 0.2) is 0 Å². The smallest absolute Gasteiger partial charge is 0.244 e. The number of carbonyl (C=O) groups excluding carboxylic acids is 2. The Kier molecular flexibility index (Phi) is 10.2. The Labute approximate surface area is 230 Å². The third kappa shape index (κ3) is 8.13. The van der Waals surface area contributed by atoms with E-state index >= 15 is 0 Å². The van der Waals surface area contributed by atoms with Gasteiger partial charge in [0.25, 0.3) is 0 Å². The summed E-state index contributed by atoms with van der Waals surface area (Å²) in [6.07, 6.45) is 1.89. The van der Waals surface area contributed by atoms with Gasteiger partial charge in [0, 0.05) is 24.6 Å². The van der Waals surface area contributed by atoms with Crippen molar-refractivity contribution >= 4 is 27.5 Å². The minimum absolute atomic E-state index is 0.152. The number of amides is 2. The van der Waals surface area contributed by atoms with Crippen molar-refractivity contribution < 1.29 is 22.4 Å². The van der Waals surface area contributed by atoms with Crippen LogP contribution in [0.1, 0.15) is 37.0 Å². The van der Waals surface area contributed by atoms with Gasteiger partial charge in [-0.1, -0.05) is 73.7 Å². The van der Waals surface area contributed by atoms with E-state index in [1.54, 1.807) is 49.4 Å². The van der Waals surface area contributed by atoms with E-state index in [1.807, 2.05) is 44.2 Å². The number of aryl methyl sites for hydroxylation is 1. The summed E-state index contributed by atoms with van der Waals surface area (Å²) < 4.78 is 41.5. The van der Waals surface area contributed by atoms with Gasteiger partial charge in [-0.05, 0) is 43.5 Å². The Hall–Kier alpha value is -3.72. The van der Waals surface area contributed by atoms with E-state index in [1.165, 1.54) is 11.0 Å². The molecular formula is C30H36FN3O4S. The van der Waals surface area contributed by atoms with E-state index in [0.717, 1.165) is 16.1 Å². The van der Waals surface area contributed by atoms with Crippen LogP contribution < -0.4 is 9.62 Å². The van der Waals surface area contributed by atoms with E-state index in [-0.39, 0.29) is 30.5 Å². The molecule has 2 atom stereocenters. The normalized spacial score (nSPS) is 12.8. The number of sulfonamides is 1. The maximum absolute atomic E-state index is 14.8. The van der Waals surface area contributed by atoms with Gasteiger partial charge in [-0.2, -0.15) is 0 Å². The number of anilines is 1. The maximum atomic E-state index is 14.8. The zero-order chi connectivity index (χ0) is 28.6. The minimum atomic E-state index is -3.87. The SMILES string of the molecule is CC[C@H](C)NC(=O)[C@H](Cc1ccccc1)N(Cc1ccccc1F)C(=O)CN(c1ccccc1C)S(C)(=O)=O. The first-order valence-corrected chi connectivity index (χ1v) is 14.8. The number of halogens is 1. The van der Waals surface area contributed by atoms with Crippen LogP contribution in [0.4, 0.5) is 10.1 Å². The zero-order valence-corrected chi connectivity index (χ0v) is 23.6. The summed E-state index contributed by atoms with van der Waals surface area (Å²) in [5.41, 5.74) is 2.07. The van der Waals surface area contributed by atoms with Crippen molar-refractivity contribution in [2.24, 2.45) is 0 Å². The fourth-order valence-corrected chi connectivity index (χ4v) is 5.15. The quantitative estimate of drug-likeness (QED) is 0.359. The lowest BCUT2D eigenvalue weighted by atomic mass is 10.0. The molecule has 0 spiro atoms. The lowest BCUT2D eigenvalue weighted by molar-refractivity contribution is -0.140. The van der Waals surface area contributed by atoms with Crippen molar-refractivity contribution in [2.45, 2.75) is 52.2 Å². The van der Waals surface area contributed by atoms with Crippen molar-refractivity contribution in [3.8, 4) is 0 Å². The molecule has 0 bridgehead atoms. The van der Waals surface area contributed by atoms with Gasteiger partial charge in [-0.15, -0.1) is 0 Å². The molecule has 0 aliphatic carbocycles. The Morgan fingerprint density at radius 2 is 1.56 bits per heavy atom. The predicted octanol–water partition coefficient (Wildman–Crippen LogP) is 4.45. The predicted molar refractivity (Wildman–Crippen MR) is 152 cm³/mol. The highest BCUT2D eigenvalue weighted by molar-refractivity contribution is 7.92. The molecule has 0 aliphatic rings. The Balaban J connectivity index is 2.08. The van der Waals surface area contributed by atoms with Gasteiger partial charge in [0.05, 0.1) is 11.9 Å². The van der Waals surface area contributed by atoms with E-state index in [9.17, 15) is 22.4 Å². The number of hydrogen-bond donors (Lipinski definition) is 1. The van der Waals surface area contributed by atoms with Gasteiger partial charge >= 0.3 is 0 Å². The maximum Gasteiger partial charge on any atom is 0.244 e. The number of para-hydroxylation sites is 1. The molecule has 0 saturated carbocycles. The molecule has 0 radical (unpaired) electrons. The average Bonchev–Trinajstić information content (AvgIpc) is 2.90. The van der Waals surface area contributed by atoms with Crippen LogP contribution in [0, 0.1) is 12.7 Å². The second kappa shape index (κ2) is 13.4. The standard InChI is InChI=1S/C30H36FN3O4S/c1-5-23(3)32-30(36)28(19-24-14-7-6-8-15-24)33(20-25-16-10-11-17-26(25)31)29(35)21-34(39(4,37)38)27-18-12-9-13-22(27)2/h6-18,23,28H,5,19-21H2,1-4H3,(H,32,36)/t23-,28-/m0/s1. The fourth-order valence-electron chi connectivity index (χ4n) is 4.24. The molecule has 2 amide bonds. The van der Waals surface area contributed by atoms with Crippen molar-refractivity contribution in [1.82, 2.24) is 10.2 Å². The lowest BCUT2D eigenvalue weighted by Gasteiger charge is -2.34. The van der Waals surface area contributed by atoms with Crippen LogP contribution in [0.25, 0.3) is 0 Å². The number of benzene rings is 3. The van der Waals surface area contributed by atoms with Crippen LogP contribution >= 0.6 is 0 Å². The average molecular weight is 554 g/mol. The number of nitrogens with zero attached hydrogens (tertiary/aromatic N) is 2. The van der Waals surface area contributed by atoms with Gasteiger partial charge in [0.2, 0.25) is 21.8 Å². The third-order valence-corrected chi connectivity index (χ3v) is 7.76. The summed E-state index contributed by atoms with van der Waals surface area (Å²) in [6.45, 7) is 4.81. The number of rotatable bonds is 12. The minimum Gasteiger partial charge on any atom is -0.352 e. The highest BCUT2D eigenvalue weighted by Gasteiger charge is 2.34. The monoisotopic (exact) mass is 553 g/mol. The molecule has 0 heterocycles. The number of nitrogens with one attached hydrogen (secondary N) is 1. The molecule has 9 heteroatoms. The number of carbonyl (C=O) groups is 2. The van der Waals surface area contributed by atoms with Crippen molar-refractivity contribution in [3.63, 3.8) is 0 Å². The Morgan fingerprint density at radius 1 is 0.949 bits per heavy atom. The number of hydrogen-bond acceptors (Lipinski definition) is 4. The van der Waals surface area contributed by atoms with E-state index in [0.29, 0.717) is 17.7 Å². The molecule has 3 aromatic rings. The molecule has 0 fully saturated rings. The molecule has 208 valence electrons. The van der Waals surface area contributed by atoms with Gasteiger partial charge < -0.3 is 10.2 Å². The molecular weight excluding hydrogens is 517 g/mol. The van der Waals surface area contributed by atoms with Crippen LogP contribution in [-0.4, -0.2) is 50.0 Å². The Morgan fingerprint density at radius 3 is 2.18 bits per heavy atom. The van der Waals surface area contributed by atoms with Crippen molar-refractivity contribution in [2.75, 3.05) is 17.1 Å². The van der Waals surface area contributed by atoms with Gasteiger partial charge in [-0.3, -0.25) is 13.9 Å². The first-order valence-electron chi connectivity index (χ1n) is 12.9. The molecule has 7 nitrogen and oxygen atoms in total. The van der Waals surface area contributed by atoms with E-state index in [4.69, 9.17) is 0 Å². The Bertz CT molecular complexity index is 1380. The molecule has 0 unspecified atom stereocenters. The summed E-state index contributed by atoms with van der Waals surface area (Å²) in [6, 6.07) is 21.0. The molecule has 0 aromatic heterocycles.